The second-order valence-corrected chi connectivity index (χ2v) is 2.61. The highest BCUT2D eigenvalue weighted by Crippen LogP contribution is 2.43. The molecule has 2 atom stereocenters. The molecule has 0 aromatic heterocycles. The van der Waals surface area contributed by atoms with Crippen LogP contribution in [0.5, 0.6) is 0 Å². The fraction of sp³-hybridized carbons (Fsp3) is 0.714. The van der Waals surface area contributed by atoms with Crippen molar-refractivity contribution < 1.29 is 0 Å². The first kappa shape index (κ1) is 6.11. The Kier molecular flexibility index (Phi) is 1.40. The molecule has 0 aromatic rings. The Labute approximate surface area is 54.7 Å². The number of nitrogens with zero attached hydrogens (tertiary/aromatic N) is 2. The van der Waals surface area contributed by atoms with E-state index in [0.717, 1.165) is 6.42 Å². The monoisotopic (exact) mass is 120 g/mol. The van der Waals surface area contributed by atoms with Gasteiger partial charge in [0.1, 0.15) is 5.92 Å². The van der Waals surface area contributed by atoms with Crippen LogP contribution < -0.4 is 0 Å². The number of hydrogen-bond acceptors (Lipinski definition) is 2. The van der Waals surface area contributed by atoms with Crippen molar-refractivity contribution in [3.63, 3.8) is 0 Å². The molecule has 46 valence electrons. The summed E-state index contributed by atoms with van der Waals surface area (Å²) in [7, 11) is 0. The van der Waals surface area contributed by atoms with Gasteiger partial charge in [0, 0.05) is 0 Å². The van der Waals surface area contributed by atoms with Crippen LogP contribution in [-0.4, -0.2) is 0 Å². The van der Waals surface area contributed by atoms with Gasteiger partial charge in [-0.25, -0.2) is 0 Å². The highest BCUT2D eigenvalue weighted by Gasteiger charge is 2.39. The number of hydrogen-bond donors (Lipinski definition) is 0. The summed E-state index contributed by atoms with van der Waals surface area (Å²) in [5.74, 6) is 0.634. The molecule has 0 saturated heterocycles. The van der Waals surface area contributed by atoms with E-state index in [4.69, 9.17) is 10.5 Å². The maximum atomic E-state index is 8.38. The molecule has 0 aromatic carbocycles. The van der Waals surface area contributed by atoms with Crippen LogP contribution in [0.25, 0.3) is 0 Å². The Hall–Kier alpha value is -1.02. The summed E-state index contributed by atoms with van der Waals surface area (Å²) < 4.78 is 0. The lowest BCUT2D eigenvalue weighted by molar-refractivity contribution is 0.663. The van der Waals surface area contributed by atoms with Crippen molar-refractivity contribution in [2.75, 3.05) is 0 Å². The fourth-order valence-corrected chi connectivity index (χ4v) is 1.04. The Balaban J connectivity index is 2.46. The van der Waals surface area contributed by atoms with Crippen molar-refractivity contribution in [3.8, 4) is 12.1 Å². The molecule has 1 rings (SSSR count). The lowest BCUT2D eigenvalue weighted by Gasteiger charge is -1.90. The quantitative estimate of drug-likeness (QED) is 0.523. The Morgan fingerprint density at radius 1 is 1.44 bits per heavy atom. The summed E-state index contributed by atoms with van der Waals surface area (Å²) in [5, 5.41) is 16.8. The minimum atomic E-state index is -0.347. The zero-order valence-electron chi connectivity index (χ0n) is 5.33. The molecule has 1 saturated carbocycles. The molecule has 1 aliphatic rings. The molecule has 0 spiro atoms. The van der Waals surface area contributed by atoms with Gasteiger partial charge in [0.2, 0.25) is 0 Å². The van der Waals surface area contributed by atoms with Gasteiger partial charge < -0.3 is 0 Å². The van der Waals surface area contributed by atoms with E-state index < -0.39 is 0 Å². The molecule has 1 aliphatic carbocycles. The molecule has 0 amide bonds. The van der Waals surface area contributed by atoms with Crippen LogP contribution in [0, 0.1) is 40.4 Å². The first-order valence-electron chi connectivity index (χ1n) is 3.09. The van der Waals surface area contributed by atoms with Crippen molar-refractivity contribution in [2.45, 2.75) is 13.3 Å². The van der Waals surface area contributed by atoms with Crippen LogP contribution in [0.2, 0.25) is 0 Å². The highest BCUT2D eigenvalue weighted by molar-refractivity contribution is 5.08. The molecule has 2 heteroatoms. The number of rotatable bonds is 1. The summed E-state index contributed by atoms with van der Waals surface area (Å²) in [5.41, 5.74) is 0. The molecule has 0 radical (unpaired) electrons. The third-order valence-electron chi connectivity index (χ3n) is 1.88. The van der Waals surface area contributed by atoms with Gasteiger partial charge >= 0.3 is 0 Å². The zero-order chi connectivity index (χ0) is 6.85. The standard InChI is InChI=1S/C7H8N2/c1-5-2-7(5)6(3-8)4-9/h5-7H,2H2,1H3. The Morgan fingerprint density at radius 3 is 2.00 bits per heavy atom. The first-order chi connectivity index (χ1) is 4.29. The van der Waals surface area contributed by atoms with E-state index in [1.165, 1.54) is 0 Å². The van der Waals surface area contributed by atoms with Crippen LogP contribution in [-0.2, 0) is 0 Å². The molecular weight excluding hydrogens is 112 g/mol. The van der Waals surface area contributed by atoms with Crippen LogP contribution >= 0.6 is 0 Å². The minimum absolute atomic E-state index is 0.347. The summed E-state index contributed by atoms with van der Waals surface area (Å²) in [6, 6.07) is 3.97. The Morgan fingerprint density at radius 2 is 1.89 bits per heavy atom. The maximum absolute atomic E-state index is 8.38. The van der Waals surface area contributed by atoms with Crippen LogP contribution in [0.15, 0.2) is 0 Å². The van der Waals surface area contributed by atoms with Gasteiger partial charge in [-0.3, -0.25) is 0 Å². The molecule has 0 aliphatic heterocycles. The van der Waals surface area contributed by atoms with E-state index in [2.05, 4.69) is 6.92 Å². The van der Waals surface area contributed by atoms with Crippen molar-refractivity contribution in [1.82, 2.24) is 0 Å². The summed E-state index contributed by atoms with van der Waals surface area (Å²) in [6.07, 6.45) is 1.06. The molecular formula is C7H8N2. The minimum Gasteiger partial charge on any atom is -0.197 e. The second-order valence-electron chi connectivity index (χ2n) is 2.61. The zero-order valence-corrected chi connectivity index (χ0v) is 5.33. The van der Waals surface area contributed by atoms with E-state index in [9.17, 15) is 0 Å². The Bertz CT molecular complexity index is 170. The molecule has 1 fully saturated rings. The van der Waals surface area contributed by atoms with Gasteiger partial charge in [-0.05, 0) is 18.3 Å². The number of nitriles is 2. The summed E-state index contributed by atoms with van der Waals surface area (Å²) in [4.78, 5) is 0. The van der Waals surface area contributed by atoms with Gasteiger partial charge in [0.15, 0.2) is 0 Å². The lowest BCUT2D eigenvalue weighted by Crippen LogP contribution is -1.95. The average molecular weight is 120 g/mol. The van der Waals surface area contributed by atoms with E-state index in [0.29, 0.717) is 11.8 Å². The average Bonchev–Trinajstić information content (AvgIpc) is 2.51. The SMILES string of the molecule is CC1CC1C(C#N)C#N. The third kappa shape index (κ3) is 1.03. The van der Waals surface area contributed by atoms with Gasteiger partial charge in [-0.15, -0.1) is 0 Å². The highest BCUT2D eigenvalue weighted by atomic mass is 14.5. The third-order valence-corrected chi connectivity index (χ3v) is 1.88. The van der Waals surface area contributed by atoms with Crippen LogP contribution in [0.4, 0.5) is 0 Å². The van der Waals surface area contributed by atoms with Gasteiger partial charge in [0.25, 0.3) is 0 Å². The molecule has 9 heavy (non-hydrogen) atoms. The first-order valence-corrected chi connectivity index (χ1v) is 3.09. The van der Waals surface area contributed by atoms with Crippen molar-refractivity contribution in [3.05, 3.63) is 0 Å². The second kappa shape index (κ2) is 2.07. The maximum Gasteiger partial charge on any atom is 0.136 e. The van der Waals surface area contributed by atoms with Crippen molar-refractivity contribution in [2.24, 2.45) is 17.8 Å². The van der Waals surface area contributed by atoms with Gasteiger partial charge in [-0.1, -0.05) is 6.92 Å². The summed E-state index contributed by atoms with van der Waals surface area (Å²) >= 11 is 0. The van der Waals surface area contributed by atoms with Gasteiger partial charge in [0.05, 0.1) is 12.1 Å². The molecule has 0 heterocycles. The molecule has 2 nitrogen and oxygen atoms in total. The van der Waals surface area contributed by atoms with E-state index in [-0.39, 0.29) is 5.92 Å². The smallest absolute Gasteiger partial charge is 0.136 e. The van der Waals surface area contributed by atoms with Crippen LogP contribution in [0.3, 0.4) is 0 Å². The predicted octanol–water partition coefficient (Wildman–Crippen LogP) is 1.31. The van der Waals surface area contributed by atoms with E-state index in [1.54, 1.807) is 0 Å². The normalized spacial score (nSPS) is 31.1. The van der Waals surface area contributed by atoms with E-state index in [1.807, 2.05) is 12.1 Å². The largest absolute Gasteiger partial charge is 0.197 e. The molecule has 2 unspecified atom stereocenters. The van der Waals surface area contributed by atoms with Crippen LogP contribution in [0.1, 0.15) is 13.3 Å². The fourth-order valence-electron chi connectivity index (χ4n) is 1.04. The van der Waals surface area contributed by atoms with Crippen molar-refractivity contribution in [1.29, 1.82) is 10.5 Å². The lowest BCUT2D eigenvalue weighted by atomic mass is 10.1. The predicted molar refractivity (Wildman–Crippen MR) is 32.0 cm³/mol. The molecule has 0 bridgehead atoms. The van der Waals surface area contributed by atoms with Crippen molar-refractivity contribution >= 4 is 0 Å². The van der Waals surface area contributed by atoms with E-state index >= 15 is 0 Å². The molecule has 0 N–H and O–H groups in total. The topological polar surface area (TPSA) is 47.6 Å². The van der Waals surface area contributed by atoms with Gasteiger partial charge in [-0.2, -0.15) is 10.5 Å². The summed E-state index contributed by atoms with van der Waals surface area (Å²) in [6.45, 7) is 2.08.